The summed E-state index contributed by atoms with van der Waals surface area (Å²) in [4.78, 5) is 11.7. The van der Waals surface area contributed by atoms with E-state index in [9.17, 15) is 0 Å². The number of hydrogen-bond acceptors (Lipinski definition) is 6. The third-order valence-electron chi connectivity index (χ3n) is 5.55. The van der Waals surface area contributed by atoms with Gasteiger partial charge in [-0.1, -0.05) is 48.5 Å². The standard InChI is InChI=1S/C25H31N5O/c1-20-18-27-25(29-24(20)26-14-17-31-23-10-6-3-7-11-23)28-22-12-15-30(16-13-22)19-21-8-4-2-5-9-21/h2-11,18,22H,12-17,19H2,1H3,(H2,26,27,28,29). The smallest absolute Gasteiger partial charge is 0.224 e. The van der Waals surface area contributed by atoms with Gasteiger partial charge in [0.05, 0.1) is 6.54 Å². The van der Waals surface area contributed by atoms with Crippen LogP contribution in [0.1, 0.15) is 24.0 Å². The summed E-state index contributed by atoms with van der Waals surface area (Å²) in [6.45, 7) is 6.47. The van der Waals surface area contributed by atoms with Crippen molar-refractivity contribution >= 4 is 11.8 Å². The largest absolute Gasteiger partial charge is 0.492 e. The van der Waals surface area contributed by atoms with Crippen LogP contribution < -0.4 is 15.4 Å². The van der Waals surface area contributed by atoms with Crippen LogP contribution >= 0.6 is 0 Å². The summed E-state index contributed by atoms with van der Waals surface area (Å²) >= 11 is 0. The number of rotatable bonds is 9. The zero-order chi connectivity index (χ0) is 21.3. The molecule has 1 aromatic heterocycles. The molecule has 0 amide bonds. The van der Waals surface area contributed by atoms with Crippen molar-refractivity contribution in [1.82, 2.24) is 14.9 Å². The lowest BCUT2D eigenvalue weighted by Gasteiger charge is -2.32. The summed E-state index contributed by atoms with van der Waals surface area (Å²) in [7, 11) is 0. The molecular formula is C25H31N5O. The van der Waals surface area contributed by atoms with E-state index in [1.54, 1.807) is 0 Å². The Morgan fingerprint density at radius 2 is 1.71 bits per heavy atom. The number of hydrogen-bond donors (Lipinski definition) is 2. The number of piperidine rings is 1. The van der Waals surface area contributed by atoms with E-state index in [0.717, 1.165) is 49.6 Å². The van der Waals surface area contributed by atoms with E-state index in [0.29, 0.717) is 25.1 Å². The summed E-state index contributed by atoms with van der Waals surface area (Å²) in [5.74, 6) is 2.43. The van der Waals surface area contributed by atoms with Gasteiger partial charge in [0.1, 0.15) is 18.2 Å². The highest BCUT2D eigenvalue weighted by atomic mass is 16.5. The molecule has 1 aliphatic rings. The molecule has 6 nitrogen and oxygen atoms in total. The van der Waals surface area contributed by atoms with Crippen molar-refractivity contribution in [2.75, 3.05) is 36.9 Å². The molecule has 3 aromatic rings. The molecular weight excluding hydrogens is 386 g/mol. The second kappa shape index (κ2) is 10.8. The summed E-state index contributed by atoms with van der Waals surface area (Å²) in [5.41, 5.74) is 2.41. The first-order chi connectivity index (χ1) is 15.3. The van der Waals surface area contributed by atoms with Crippen molar-refractivity contribution in [3.05, 3.63) is 78.0 Å². The fourth-order valence-corrected chi connectivity index (χ4v) is 3.81. The summed E-state index contributed by atoms with van der Waals surface area (Å²) < 4.78 is 5.75. The number of likely N-dealkylation sites (tertiary alicyclic amines) is 1. The fourth-order valence-electron chi connectivity index (χ4n) is 3.81. The Hall–Kier alpha value is -3.12. The number of para-hydroxylation sites is 1. The van der Waals surface area contributed by atoms with E-state index in [-0.39, 0.29) is 0 Å². The van der Waals surface area contributed by atoms with Gasteiger partial charge in [-0.3, -0.25) is 4.90 Å². The minimum atomic E-state index is 0.406. The van der Waals surface area contributed by atoms with Crippen molar-refractivity contribution in [2.45, 2.75) is 32.4 Å². The van der Waals surface area contributed by atoms with Gasteiger partial charge in [-0.05, 0) is 37.5 Å². The maximum absolute atomic E-state index is 5.75. The summed E-state index contributed by atoms with van der Waals surface area (Å²) in [6.07, 6.45) is 4.07. The normalized spacial score (nSPS) is 14.9. The molecule has 0 spiro atoms. The highest BCUT2D eigenvalue weighted by Gasteiger charge is 2.20. The monoisotopic (exact) mass is 417 g/mol. The van der Waals surface area contributed by atoms with E-state index >= 15 is 0 Å². The fraction of sp³-hybridized carbons (Fsp3) is 0.360. The van der Waals surface area contributed by atoms with Gasteiger partial charge in [-0.25, -0.2) is 4.98 Å². The molecule has 0 atom stereocenters. The summed E-state index contributed by atoms with van der Waals surface area (Å²) in [5, 5.41) is 6.90. The SMILES string of the molecule is Cc1cnc(NC2CCN(Cc3ccccc3)CC2)nc1NCCOc1ccccc1. The quantitative estimate of drug-likeness (QED) is 0.505. The average molecular weight is 418 g/mol. The molecule has 2 N–H and O–H groups in total. The highest BCUT2D eigenvalue weighted by molar-refractivity contribution is 5.46. The van der Waals surface area contributed by atoms with Crippen LogP contribution in [0.15, 0.2) is 66.9 Å². The van der Waals surface area contributed by atoms with Crippen LogP contribution in [-0.2, 0) is 6.54 Å². The third-order valence-corrected chi connectivity index (χ3v) is 5.55. The van der Waals surface area contributed by atoms with E-state index in [1.165, 1.54) is 5.56 Å². The second-order valence-electron chi connectivity index (χ2n) is 7.99. The first-order valence-corrected chi connectivity index (χ1v) is 11.0. The predicted octanol–water partition coefficient (Wildman–Crippen LogP) is 4.35. The van der Waals surface area contributed by atoms with E-state index < -0.39 is 0 Å². The molecule has 0 unspecified atom stereocenters. The molecule has 0 bridgehead atoms. The van der Waals surface area contributed by atoms with E-state index in [1.807, 2.05) is 43.5 Å². The molecule has 1 fully saturated rings. The number of aromatic nitrogens is 2. The zero-order valence-electron chi connectivity index (χ0n) is 18.1. The number of benzene rings is 2. The van der Waals surface area contributed by atoms with Gasteiger partial charge >= 0.3 is 0 Å². The summed E-state index contributed by atoms with van der Waals surface area (Å²) in [6, 6.07) is 20.9. The van der Waals surface area contributed by atoms with Crippen molar-refractivity contribution in [3.63, 3.8) is 0 Å². The first kappa shape index (κ1) is 21.1. The van der Waals surface area contributed by atoms with Gasteiger partial charge < -0.3 is 15.4 Å². The van der Waals surface area contributed by atoms with Gasteiger partial charge in [-0.15, -0.1) is 0 Å². The van der Waals surface area contributed by atoms with Crippen LogP contribution in [0.3, 0.4) is 0 Å². The van der Waals surface area contributed by atoms with Gasteiger partial charge in [-0.2, -0.15) is 4.98 Å². The molecule has 1 saturated heterocycles. The Kier molecular flexibility index (Phi) is 7.34. The van der Waals surface area contributed by atoms with Gasteiger partial charge in [0.25, 0.3) is 0 Å². The maximum Gasteiger partial charge on any atom is 0.224 e. The van der Waals surface area contributed by atoms with E-state index in [4.69, 9.17) is 9.72 Å². The molecule has 1 aliphatic heterocycles. The van der Waals surface area contributed by atoms with Crippen LogP contribution in [0, 0.1) is 6.92 Å². The highest BCUT2D eigenvalue weighted by Crippen LogP contribution is 2.18. The van der Waals surface area contributed by atoms with E-state index in [2.05, 4.69) is 50.8 Å². The second-order valence-corrected chi connectivity index (χ2v) is 7.99. The van der Waals surface area contributed by atoms with Crippen molar-refractivity contribution in [2.24, 2.45) is 0 Å². The molecule has 0 saturated carbocycles. The number of ether oxygens (including phenoxy) is 1. The van der Waals surface area contributed by atoms with Crippen molar-refractivity contribution in [3.8, 4) is 5.75 Å². The minimum absolute atomic E-state index is 0.406. The first-order valence-electron chi connectivity index (χ1n) is 11.0. The zero-order valence-corrected chi connectivity index (χ0v) is 18.1. The molecule has 2 aromatic carbocycles. The van der Waals surface area contributed by atoms with Gasteiger partial charge in [0.2, 0.25) is 5.95 Å². The lowest BCUT2D eigenvalue weighted by atomic mass is 10.0. The Morgan fingerprint density at radius 1 is 1.00 bits per heavy atom. The number of nitrogens with one attached hydrogen (secondary N) is 2. The molecule has 162 valence electrons. The maximum atomic E-state index is 5.75. The molecule has 6 heteroatoms. The Labute approximate surface area is 184 Å². The van der Waals surface area contributed by atoms with Gasteiger partial charge in [0, 0.05) is 37.4 Å². The number of aryl methyl sites for hydroxylation is 1. The number of anilines is 2. The Morgan fingerprint density at radius 3 is 2.45 bits per heavy atom. The van der Waals surface area contributed by atoms with Crippen LogP contribution in [-0.4, -0.2) is 47.2 Å². The third kappa shape index (κ3) is 6.43. The van der Waals surface area contributed by atoms with Crippen LogP contribution in [0.2, 0.25) is 0 Å². The van der Waals surface area contributed by atoms with Crippen molar-refractivity contribution in [1.29, 1.82) is 0 Å². The molecule has 0 radical (unpaired) electrons. The lowest BCUT2D eigenvalue weighted by Crippen LogP contribution is -2.39. The molecule has 0 aliphatic carbocycles. The van der Waals surface area contributed by atoms with Crippen LogP contribution in [0.5, 0.6) is 5.75 Å². The van der Waals surface area contributed by atoms with Crippen molar-refractivity contribution < 1.29 is 4.74 Å². The number of nitrogens with zero attached hydrogens (tertiary/aromatic N) is 3. The Balaban J connectivity index is 1.23. The van der Waals surface area contributed by atoms with Crippen LogP contribution in [0.25, 0.3) is 0 Å². The molecule has 31 heavy (non-hydrogen) atoms. The molecule has 2 heterocycles. The molecule has 4 rings (SSSR count). The van der Waals surface area contributed by atoms with Gasteiger partial charge in [0.15, 0.2) is 0 Å². The topological polar surface area (TPSA) is 62.3 Å². The average Bonchev–Trinajstić information content (AvgIpc) is 2.81. The minimum Gasteiger partial charge on any atom is -0.492 e. The van der Waals surface area contributed by atoms with Crippen LogP contribution in [0.4, 0.5) is 11.8 Å². The predicted molar refractivity (Wildman–Crippen MR) is 126 cm³/mol. The lowest BCUT2D eigenvalue weighted by molar-refractivity contribution is 0.211. The Bertz CT molecular complexity index is 927.